The molecule has 0 saturated carbocycles. The molecule has 1 aromatic carbocycles. The first-order valence-electron chi connectivity index (χ1n) is 7.36. The highest BCUT2D eigenvalue weighted by Gasteiger charge is 2.10. The minimum Gasteiger partial charge on any atom is -0.487 e. The van der Waals surface area contributed by atoms with Gasteiger partial charge < -0.3 is 13.9 Å². The summed E-state index contributed by atoms with van der Waals surface area (Å²) in [6.07, 6.45) is 0.888. The summed E-state index contributed by atoms with van der Waals surface area (Å²) in [4.78, 5) is 22.7. The predicted molar refractivity (Wildman–Crippen MR) is 83.2 cm³/mol. The smallest absolute Gasteiger partial charge is 0.336 e. The molecule has 0 fully saturated rings. The van der Waals surface area contributed by atoms with Crippen molar-refractivity contribution < 1.29 is 18.7 Å². The zero-order valence-corrected chi connectivity index (χ0v) is 13.0. The van der Waals surface area contributed by atoms with Crippen molar-refractivity contribution in [2.45, 2.75) is 39.7 Å². The highest BCUT2D eigenvalue weighted by atomic mass is 16.6. The Morgan fingerprint density at radius 1 is 1.32 bits per heavy atom. The summed E-state index contributed by atoms with van der Waals surface area (Å²) in [5.74, 6) is 0.346. The summed E-state index contributed by atoms with van der Waals surface area (Å²) in [5, 5.41) is 0.869. The fraction of sp³-hybridized carbons (Fsp3) is 0.412. The standard InChI is InChI=1S/C17H20O5/c1-4-5-16(18)20-10-12(3)21-13-6-7-14-11(2)8-17(19)22-15(14)9-13/h6-9,12H,4-5,10H2,1-3H3. The second kappa shape index (κ2) is 7.11. The molecule has 0 amide bonds. The summed E-state index contributed by atoms with van der Waals surface area (Å²) >= 11 is 0. The van der Waals surface area contributed by atoms with Gasteiger partial charge in [0.15, 0.2) is 0 Å². The maximum absolute atomic E-state index is 11.4. The van der Waals surface area contributed by atoms with E-state index in [1.54, 1.807) is 12.1 Å². The molecule has 0 radical (unpaired) electrons. The Morgan fingerprint density at radius 2 is 2.09 bits per heavy atom. The number of benzene rings is 1. The quantitative estimate of drug-likeness (QED) is 0.605. The lowest BCUT2D eigenvalue weighted by molar-refractivity contribution is -0.145. The summed E-state index contributed by atoms with van der Waals surface area (Å²) in [6, 6.07) is 6.78. The predicted octanol–water partition coefficient (Wildman–Crippen LogP) is 3.21. The fourth-order valence-electron chi connectivity index (χ4n) is 2.13. The Bertz CT molecular complexity index is 717. The van der Waals surface area contributed by atoms with Crippen LogP contribution in [0.2, 0.25) is 0 Å². The number of aryl methyl sites for hydroxylation is 1. The molecule has 118 valence electrons. The molecule has 0 aliphatic rings. The van der Waals surface area contributed by atoms with Gasteiger partial charge in [-0.25, -0.2) is 4.79 Å². The zero-order valence-electron chi connectivity index (χ0n) is 13.0. The third-order valence-corrected chi connectivity index (χ3v) is 3.19. The number of esters is 1. The van der Waals surface area contributed by atoms with Crippen LogP contribution in [0, 0.1) is 6.92 Å². The average molecular weight is 304 g/mol. The van der Waals surface area contributed by atoms with Crippen LogP contribution in [0.1, 0.15) is 32.3 Å². The molecular weight excluding hydrogens is 284 g/mol. The van der Waals surface area contributed by atoms with Crippen LogP contribution in [-0.2, 0) is 9.53 Å². The van der Waals surface area contributed by atoms with Crippen LogP contribution < -0.4 is 10.4 Å². The molecule has 0 aliphatic carbocycles. The van der Waals surface area contributed by atoms with Crippen LogP contribution in [0.4, 0.5) is 0 Å². The van der Waals surface area contributed by atoms with Gasteiger partial charge in [-0.1, -0.05) is 6.92 Å². The van der Waals surface area contributed by atoms with Crippen molar-refractivity contribution >= 4 is 16.9 Å². The molecule has 5 heteroatoms. The van der Waals surface area contributed by atoms with Crippen LogP contribution in [0.3, 0.4) is 0 Å². The van der Waals surface area contributed by atoms with E-state index in [-0.39, 0.29) is 24.3 Å². The third kappa shape index (κ3) is 4.10. The highest BCUT2D eigenvalue weighted by molar-refractivity contribution is 5.81. The Kier molecular flexibility index (Phi) is 5.20. The van der Waals surface area contributed by atoms with Gasteiger partial charge in [-0.2, -0.15) is 0 Å². The molecular formula is C17H20O5. The zero-order chi connectivity index (χ0) is 16.1. The van der Waals surface area contributed by atoms with Crippen molar-refractivity contribution in [1.29, 1.82) is 0 Å². The lowest BCUT2D eigenvalue weighted by Crippen LogP contribution is -2.21. The van der Waals surface area contributed by atoms with Crippen molar-refractivity contribution in [2.75, 3.05) is 6.61 Å². The number of fused-ring (bicyclic) bond motifs is 1. The summed E-state index contributed by atoms with van der Waals surface area (Å²) in [5.41, 5.74) is 0.959. The first-order valence-corrected chi connectivity index (χ1v) is 7.36. The normalized spacial score (nSPS) is 12.1. The monoisotopic (exact) mass is 304 g/mol. The molecule has 0 spiro atoms. The van der Waals surface area contributed by atoms with Crippen molar-refractivity contribution in [2.24, 2.45) is 0 Å². The van der Waals surface area contributed by atoms with E-state index in [1.165, 1.54) is 6.07 Å². The van der Waals surface area contributed by atoms with E-state index in [0.29, 0.717) is 17.8 Å². The topological polar surface area (TPSA) is 65.7 Å². The van der Waals surface area contributed by atoms with Gasteiger partial charge in [0.05, 0.1) is 0 Å². The molecule has 0 bridgehead atoms. The lowest BCUT2D eigenvalue weighted by atomic mass is 10.1. The second-order valence-corrected chi connectivity index (χ2v) is 5.27. The summed E-state index contributed by atoms with van der Waals surface area (Å²) in [6.45, 7) is 5.78. The number of carbonyl (C=O) groups excluding carboxylic acids is 1. The van der Waals surface area contributed by atoms with E-state index in [4.69, 9.17) is 13.9 Å². The molecule has 1 unspecified atom stereocenters. The molecule has 2 aromatic rings. The van der Waals surface area contributed by atoms with Crippen LogP contribution in [0.5, 0.6) is 5.75 Å². The highest BCUT2D eigenvalue weighted by Crippen LogP contribution is 2.23. The van der Waals surface area contributed by atoms with Crippen molar-refractivity contribution in [1.82, 2.24) is 0 Å². The number of carbonyl (C=O) groups is 1. The molecule has 0 aliphatic heterocycles. The number of hydrogen-bond donors (Lipinski definition) is 0. The van der Waals surface area contributed by atoms with Crippen LogP contribution in [-0.4, -0.2) is 18.7 Å². The maximum Gasteiger partial charge on any atom is 0.336 e. The van der Waals surface area contributed by atoms with Gasteiger partial charge in [-0.05, 0) is 38.0 Å². The van der Waals surface area contributed by atoms with Gasteiger partial charge in [0.25, 0.3) is 0 Å². The van der Waals surface area contributed by atoms with Crippen molar-refractivity contribution in [3.05, 3.63) is 40.2 Å². The largest absolute Gasteiger partial charge is 0.487 e. The van der Waals surface area contributed by atoms with E-state index < -0.39 is 0 Å². The molecule has 1 aromatic heterocycles. The van der Waals surface area contributed by atoms with E-state index >= 15 is 0 Å². The summed E-state index contributed by atoms with van der Waals surface area (Å²) < 4.78 is 16.0. The van der Waals surface area contributed by atoms with Crippen LogP contribution in [0.25, 0.3) is 11.0 Å². The van der Waals surface area contributed by atoms with Gasteiger partial charge in [-0.15, -0.1) is 0 Å². The molecule has 1 heterocycles. The number of rotatable bonds is 6. The number of ether oxygens (including phenoxy) is 2. The van der Waals surface area contributed by atoms with Gasteiger partial charge in [-0.3, -0.25) is 4.79 Å². The minimum absolute atomic E-state index is 0.189. The first-order chi connectivity index (χ1) is 10.5. The van der Waals surface area contributed by atoms with E-state index in [2.05, 4.69) is 0 Å². The Labute approximate surface area is 128 Å². The molecule has 2 rings (SSSR count). The third-order valence-electron chi connectivity index (χ3n) is 3.19. The lowest BCUT2D eigenvalue weighted by Gasteiger charge is -2.15. The van der Waals surface area contributed by atoms with E-state index in [1.807, 2.05) is 26.8 Å². The fourth-order valence-corrected chi connectivity index (χ4v) is 2.13. The van der Waals surface area contributed by atoms with Gasteiger partial charge in [0, 0.05) is 23.9 Å². The Morgan fingerprint density at radius 3 is 2.82 bits per heavy atom. The average Bonchev–Trinajstić information content (AvgIpc) is 2.45. The first kappa shape index (κ1) is 16.1. The Balaban J connectivity index is 2.05. The van der Waals surface area contributed by atoms with Crippen molar-refractivity contribution in [3.63, 3.8) is 0 Å². The van der Waals surface area contributed by atoms with E-state index in [0.717, 1.165) is 17.4 Å². The van der Waals surface area contributed by atoms with Crippen LogP contribution >= 0.6 is 0 Å². The number of hydrogen-bond acceptors (Lipinski definition) is 5. The second-order valence-electron chi connectivity index (χ2n) is 5.27. The molecule has 0 N–H and O–H groups in total. The molecule has 5 nitrogen and oxygen atoms in total. The van der Waals surface area contributed by atoms with Gasteiger partial charge in [0.1, 0.15) is 24.0 Å². The van der Waals surface area contributed by atoms with Crippen LogP contribution in [0.15, 0.2) is 33.5 Å². The molecule has 0 saturated heterocycles. The molecule has 22 heavy (non-hydrogen) atoms. The molecule has 1 atom stereocenters. The SMILES string of the molecule is CCCC(=O)OCC(C)Oc1ccc2c(C)cc(=O)oc2c1. The van der Waals surface area contributed by atoms with Gasteiger partial charge in [0.2, 0.25) is 0 Å². The Hall–Kier alpha value is -2.30. The maximum atomic E-state index is 11.4. The summed E-state index contributed by atoms with van der Waals surface area (Å²) in [7, 11) is 0. The van der Waals surface area contributed by atoms with Crippen molar-refractivity contribution in [3.8, 4) is 5.75 Å². The van der Waals surface area contributed by atoms with E-state index in [9.17, 15) is 9.59 Å². The minimum atomic E-state index is -0.385. The van der Waals surface area contributed by atoms with Gasteiger partial charge >= 0.3 is 11.6 Å².